The Morgan fingerprint density at radius 2 is 1.94 bits per heavy atom. The molecule has 0 unspecified atom stereocenters. The Bertz CT molecular complexity index is 1100. The predicted molar refractivity (Wildman–Crippen MR) is 122 cm³/mol. The second kappa shape index (κ2) is 8.28. The van der Waals surface area contributed by atoms with Crippen LogP contribution in [-0.2, 0) is 12.6 Å². The summed E-state index contributed by atoms with van der Waals surface area (Å²) in [4.78, 5) is 12.8. The molecule has 2 N–H and O–H groups in total. The van der Waals surface area contributed by atoms with E-state index in [-0.39, 0.29) is 10.7 Å². The molecular formula is C23H30ClN5O2. The van der Waals surface area contributed by atoms with Crippen molar-refractivity contribution in [3.05, 3.63) is 40.8 Å². The summed E-state index contributed by atoms with van der Waals surface area (Å²) in [5.74, 6) is 0.406. The van der Waals surface area contributed by atoms with Crippen molar-refractivity contribution in [2.75, 3.05) is 5.32 Å². The van der Waals surface area contributed by atoms with Crippen LogP contribution < -0.4 is 5.32 Å². The highest BCUT2D eigenvalue weighted by atomic mass is 35.5. The Kier molecular flexibility index (Phi) is 5.83. The Labute approximate surface area is 187 Å². The summed E-state index contributed by atoms with van der Waals surface area (Å²) in [5, 5.41) is 23.8. The molecule has 8 heteroatoms. The van der Waals surface area contributed by atoms with Gasteiger partial charge in [0.25, 0.3) is 5.91 Å². The van der Waals surface area contributed by atoms with Gasteiger partial charge < -0.3 is 10.4 Å². The van der Waals surface area contributed by atoms with E-state index in [1.54, 1.807) is 27.1 Å². The molecular weight excluding hydrogens is 414 g/mol. The van der Waals surface area contributed by atoms with E-state index in [1.165, 1.54) is 23.9 Å². The standard InChI is InChI=1S/C23H30ClN5O2/c1-5-14-6-8-16(9-7-14)29-12-15-10-20(17(23(2,3)31)11-19(15)26-29)25-22(30)21-18(24)13-28(4)27-21/h10-14,16,31H,5-9H2,1-4H3,(H,25,30). The van der Waals surface area contributed by atoms with Crippen molar-refractivity contribution in [3.8, 4) is 0 Å². The first-order chi connectivity index (χ1) is 14.7. The van der Waals surface area contributed by atoms with Gasteiger partial charge in [0, 0.05) is 36.1 Å². The van der Waals surface area contributed by atoms with Gasteiger partial charge in [0.05, 0.1) is 22.2 Å². The number of benzene rings is 1. The fourth-order valence-corrected chi connectivity index (χ4v) is 4.76. The van der Waals surface area contributed by atoms with Crippen molar-refractivity contribution in [1.82, 2.24) is 19.6 Å². The average molecular weight is 444 g/mol. The molecule has 2 aromatic heterocycles. The van der Waals surface area contributed by atoms with E-state index in [1.807, 2.05) is 18.3 Å². The molecule has 3 aromatic rings. The van der Waals surface area contributed by atoms with Crippen molar-refractivity contribution < 1.29 is 9.90 Å². The predicted octanol–water partition coefficient (Wildman–Crippen LogP) is 5.04. The molecule has 1 aliphatic carbocycles. The van der Waals surface area contributed by atoms with Crippen LogP contribution in [0.15, 0.2) is 24.5 Å². The number of anilines is 1. The molecule has 0 atom stereocenters. The molecule has 2 heterocycles. The van der Waals surface area contributed by atoms with Gasteiger partial charge in [-0.05, 0) is 57.6 Å². The monoisotopic (exact) mass is 443 g/mol. The highest BCUT2D eigenvalue weighted by molar-refractivity contribution is 6.34. The summed E-state index contributed by atoms with van der Waals surface area (Å²) < 4.78 is 3.56. The Morgan fingerprint density at radius 3 is 2.52 bits per heavy atom. The van der Waals surface area contributed by atoms with Crippen LogP contribution in [0.4, 0.5) is 5.69 Å². The van der Waals surface area contributed by atoms with Gasteiger partial charge in [-0.1, -0.05) is 24.9 Å². The number of amides is 1. The zero-order chi connectivity index (χ0) is 22.3. The van der Waals surface area contributed by atoms with Gasteiger partial charge in [0.15, 0.2) is 5.69 Å². The maximum Gasteiger partial charge on any atom is 0.277 e. The number of carbonyl (C=O) groups is 1. The molecule has 4 rings (SSSR count). The number of aromatic nitrogens is 4. The first-order valence-electron chi connectivity index (χ1n) is 10.9. The van der Waals surface area contributed by atoms with E-state index < -0.39 is 11.5 Å². The number of aryl methyl sites for hydroxylation is 1. The molecule has 166 valence electrons. The van der Waals surface area contributed by atoms with Crippen molar-refractivity contribution >= 4 is 34.1 Å². The fourth-order valence-electron chi connectivity index (χ4n) is 4.50. The average Bonchev–Trinajstić information content (AvgIpc) is 3.28. The van der Waals surface area contributed by atoms with Gasteiger partial charge in [-0.3, -0.25) is 14.2 Å². The number of fused-ring (bicyclic) bond motifs is 1. The van der Waals surface area contributed by atoms with Crippen molar-refractivity contribution in [2.45, 2.75) is 64.5 Å². The molecule has 0 aliphatic heterocycles. The highest BCUT2D eigenvalue weighted by Crippen LogP contribution is 2.36. The summed E-state index contributed by atoms with van der Waals surface area (Å²) in [6.07, 6.45) is 9.60. The fraction of sp³-hybridized carbons (Fsp3) is 0.522. The van der Waals surface area contributed by atoms with Crippen molar-refractivity contribution in [1.29, 1.82) is 0 Å². The lowest BCUT2D eigenvalue weighted by Gasteiger charge is -2.27. The highest BCUT2D eigenvalue weighted by Gasteiger charge is 2.26. The van der Waals surface area contributed by atoms with E-state index in [4.69, 9.17) is 16.7 Å². The number of halogens is 1. The van der Waals surface area contributed by atoms with Crippen molar-refractivity contribution in [2.24, 2.45) is 13.0 Å². The molecule has 0 radical (unpaired) electrons. The van der Waals surface area contributed by atoms with Crippen molar-refractivity contribution in [3.63, 3.8) is 0 Å². The topological polar surface area (TPSA) is 85.0 Å². The molecule has 1 aliphatic rings. The van der Waals surface area contributed by atoms with Crippen LogP contribution in [0.5, 0.6) is 0 Å². The molecule has 1 aromatic carbocycles. The van der Waals surface area contributed by atoms with E-state index >= 15 is 0 Å². The Balaban J connectivity index is 1.67. The lowest BCUT2D eigenvalue weighted by atomic mass is 9.85. The third-order valence-corrected chi connectivity index (χ3v) is 6.61. The van der Waals surface area contributed by atoms with Crippen LogP contribution in [0.3, 0.4) is 0 Å². The zero-order valence-corrected chi connectivity index (χ0v) is 19.3. The molecule has 1 fully saturated rings. The van der Waals surface area contributed by atoms with Crippen LogP contribution >= 0.6 is 11.6 Å². The van der Waals surface area contributed by atoms with Crippen LogP contribution in [0.1, 0.15) is 75.0 Å². The van der Waals surface area contributed by atoms with E-state index in [9.17, 15) is 9.90 Å². The van der Waals surface area contributed by atoms with Crippen LogP contribution in [0.2, 0.25) is 5.02 Å². The zero-order valence-electron chi connectivity index (χ0n) is 18.5. The summed E-state index contributed by atoms with van der Waals surface area (Å²) in [7, 11) is 1.71. The lowest BCUT2D eigenvalue weighted by molar-refractivity contribution is 0.0793. The normalized spacial score (nSPS) is 19.7. The third kappa shape index (κ3) is 4.48. The molecule has 31 heavy (non-hydrogen) atoms. The van der Waals surface area contributed by atoms with Gasteiger partial charge in [-0.15, -0.1) is 0 Å². The third-order valence-electron chi connectivity index (χ3n) is 6.34. The number of carbonyl (C=O) groups excluding carboxylic acids is 1. The van der Waals surface area contributed by atoms with Gasteiger partial charge in [-0.25, -0.2) is 0 Å². The smallest absolute Gasteiger partial charge is 0.277 e. The maximum atomic E-state index is 12.8. The van der Waals surface area contributed by atoms with Gasteiger partial charge in [-0.2, -0.15) is 10.2 Å². The van der Waals surface area contributed by atoms with E-state index in [0.29, 0.717) is 17.3 Å². The number of aliphatic hydroxyl groups is 1. The molecule has 1 amide bonds. The first-order valence-corrected chi connectivity index (χ1v) is 11.3. The molecule has 0 bridgehead atoms. The number of rotatable bonds is 5. The number of hydrogen-bond acceptors (Lipinski definition) is 4. The minimum atomic E-state index is -1.16. The summed E-state index contributed by atoms with van der Waals surface area (Å²) >= 11 is 6.13. The minimum Gasteiger partial charge on any atom is -0.386 e. The van der Waals surface area contributed by atoms with Crippen LogP contribution in [0.25, 0.3) is 10.9 Å². The van der Waals surface area contributed by atoms with Gasteiger partial charge in [0.2, 0.25) is 0 Å². The lowest BCUT2D eigenvalue weighted by Crippen LogP contribution is -2.21. The van der Waals surface area contributed by atoms with E-state index in [2.05, 4.69) is 22.0 Å². The second-order valence-corrected chi connectivity index (χ2v) is 9.57. The van der Waals surface area contributed by atoms with Crippen LogP contribution in [0, 0.1) is 5.92 Å². The minimum absolute atomic E-state index is 0.148. The van der Waals surface area contributed by atoms with Crippen LogP contribution in [-0.4, -0.2) is 30.6 Å². The largest absolute Gasteiger partial charge is 0.386 e. The SMILES string of the molecule is CCC1CCC(n2cc3cc(NC(=O)c4nn(C)cc4Cl)c(C(C)(C)O)cc3n2)CC1. The number of nitrogens with zero attached hydrogens (tertiary/aromatic N) is 4. The Morgan fingerprint density at radius 1 is 1.23 bits per heavy atom. The maximum absolute atomic E-state index is 12.8. The molecule has 0 saturated heterocycles. The number of nitrogens with one attached hydrogen (secondary N) is 1. The molecule has 7 nitrogen and oxygen atoms in total. The molecule has 0 spiro atoms. The summed E-state index contributed by atoms with van der Waals surface area (Å²) in [5.41, 5.74) is 0.924. The molecule has 1 saturated carbocycles. The van der Waals surface area contributed by atoms with Gasteiger partial charge in [0.1, 0.15) is 0 Å². The first kappa shape index (κ1) is 21.8. The summed E-state index contributed by atoms with van der Waals surface area (Å²) in [6, 6.07) is 4.13. The summed E-state index contributed by atoms with van der Waals surface area (Å²) in [6.45, 7) is 5.65. The second-order valence-electron chi connectivity index (χ2n) is 9.16. The van der Waals surface area contributed by atoms with E-state index in [0.717, 1.165) is 29.7 Å². The quantitative estimate of drug-likeness (QED) is 0.578. The van der Waals surface area contributed by atoms with Gasteiger partial charge >= 0.3 is 0 Å². The number of hydrogen-bond donors (Lipinski definition) is 2. The Hall–Kier alpha value is -2.38.